The second-order valence-corrected chi connectivity index (χ2v) is 9.23. The molecule has 186 valence electrons. The van der Waals surface area contributed by atoms with Crippen LogP contribution in [0, 0.1) is 0 Å². The number of carbonyl (C=O) groups is 1. The Labute approximate surface area is 209 Å². The summed E-state index contributed by atoms with van der Waals surface area (Å²) in [5, 5.41) is 16.1. The Morgan fingerprint density at radius 3 is 3.00 bits per heavy atom. The van der Waals surface area contributed by atoms with Gasteiger partial charge in [-0.3, -0.25) is 0 Å². The van der Waals surface area contributed by atoms with Gasteiger partial charge in [0.1, 0.15) is 24.0 Å². The number of rotatable bonds is 15. The molecule has 3 heterocycles. The molecular formula is C24H35BrN6O3. The first kappa shape index (κ1) is 26.3. The van der Waals surface area contributed by atoms with E-state index in [1.165, 1.54) is 18.3 Å². The maximum absolute atomic E-state index is 11.8. The smallest absolute Gasteiger partial charge is 0.326 e. The van der Waals surface area contributed by atoms with Crippen molar-refractivity contribution in [3.63, 3.8) is 0 Å². The van der Waals surface area contributed by atoms with Gasteiger partial charge in [-0.2, -0.15) is 0 Å². The molecule has 10 heteroatoms. The molecule has 2 aromatic rings. The van der Waals surface area contributed by atoms with Gasteiger partial charge in [0, 0.05) is 38.1 Å². The van der Waals surface area contributed by atoms with Crippen molar-refractivity contribution in [2.45, 2.75) is 51.5 Å². The fourth-order valence-corrected chi connectivity index (χ4v) is 4.31. The largest absolute Gasteiger partial charge is 0.480 e. The third kappa shape index (κ3) is 8.48. The monoisotopic (exact) mass is 534 g/mol. The van der Waals surface area contributed by atoms with Crippen molar-refractivity contribution in [2.24, 2.45) is 0 Å². The molecule has 1 aliphatic rings. The molecule has 0 aromatic carbocycles. The number of ether oxygens (including phenoxy) is 1. The molecule has 0 saturated heterocycles. The molecule has 0 radical (unpaired) electrons. The summed E-state index contributed by atoms with van der Waals surface area (Å²) in [6, 6.07) is 3.60. The number of nitrogens with one attached hydrogen (secondary N) is 2. The predicted octanol–water partition coefficient (Wildman–Crippen LogP) is 3.61. The number of unbranched alkanes of at least 4 members (excludes halogenated alkanes) is 1. The van der Waals surface area contributed by atoms with Gasteiger partial charge in [-0.05, 0) is 79.6 Å². The number of hydrogen-bond donors (Lipinski definition) is 3. The Kier molecular flexibility index (Phi) is 11.0. The predicted molar refractivity (Wildman–Crippen MR) is 136 cm³/mol. The molecule has 34 heavy (non-hydrogen) atoms. The van der Waals surface area contributed by atoms with Crippen LogP contribution in [0.3, 0.4) is 0 Å². The summed E-state index contributed by atoms with van der Waals surface area (Å²) < 4.78 is 6.18. The van der Waals surface area contributed by atoms with Crippen molar-refractivity contribution in [3.8, 4) is 0 Å². The minimum atomic E-state index is -0.901. The topological polar surface area (TPSA) is 113 Å². The van der Waals surface area contributed by atoms with E-state index in [9.17, 15) is 9.90 Å². The van der Waals surface area contributed by atoms with E-state index in [-0.39, 0.29) is 0 Å². The van der Waals surface area contributed by atoms with Gasteiger partial charge < -0.3 is 25.4 Å². The standard InChI is InChI=1S/C24H35BrN6O3/c1-2-34-15-14-31(13-10-21(24(32)33)30-23-20(25)16-26-17-28-23)12-4-3-7-19-9-8-18-6-5-11-27-22(18)29-19/h8-9,16-17,21H,2-7,10-15H2,1H3,(H,27,29)(H,32,33)(H,26,28,30)/t21-/m0/s1. The number of anilines is 2. The Morgan fingerprint density at radius 2 is 2.21 bits per heavy atom. The molecule has 0 spiro atoms. The summed E-state index contributed by atoms with van der Waals surface area (Å²) in [4.78, 5) is 26.9. The number of halogens is 1. The van der Waals surface area contributed by atoms with Gasteiger partial charge in [0.25, 0.3) is 0 Å². The maximum atomic E-state index is 11.8. The highest BCUT2D eigenvalue weighted by Crippen LogP contribution is 2.21. The molecule has 0 aliphatic carbocycles. The lowest BCUT2D eigenvalue weighted by atomic mass is 10.1. The van der Waals surface area contributed by atoms with Crippen LogP contribution in [0.5, 0.6) is 0 Å². The molecule has 3 rings (SSSR count). The molecular weight excluding hydrogens is 500 g/mol. The minimum absolute atomic E-state index is 0.454. The third-order valence-electron chi connectivity index (χ3n) is 5.88. The van der Waals surface area contributed by atoms with E-state index in [1.54, 1.807) is 6.20 Å². The van der Waals surface area contributed by atoms with Crippen LogP contribution in [0.15, 0.2) is 29.1 Å². The molecule has 0 unspecified atom stereocenters. The molecule has 0 saturated carbocycles. The Balaban J connectivity index is 1.48. The third-order valence-corrected chi connectivity index (χ3v) is 6.46. The molecule has 0 amide bonds. The van der Waals surface area contributed by atoms with Crippen LogP contribution in [0.25, 0.3) is 0 Å². The van der Waals surface area contributed by atoms with Gasteiger partial charge in [0.05, 0.1) is 11.1 Å². The Morgan fingerprint density at radius 1 is 1.32 bits per heavy atom. The second-order valence-electron chi connectivity index (χ2n) is 8.38. The van der Waals surface area contributed by atoms with Crippen molar-refractivity contribution < 1.29 is 14.6 Å². The van der Waals surface area contributed by atoms with Crippen molar-refractivity contribution in [3.05, 3.63) is 40.4 Å². The van der Waals surface area contributed by atoms with E-state index in [0.29, 0.717) is 36.5 Å². The molecule has 3 N–H and O–H groups in total. The van der Waals surface area contributed by atoms with Crippen molar-refractivity contribution >= 4 is 33.5 Å². The summed E-state index contributed by atoms with van der Waals surface area (Å²) in [7, 11) is 0. The highest BCUT2D eigenvalue weighted by atomic mass is 79.9. The van der Waals surface area contributed by atoms with E-state index in [2.05, 4.69) is 53.6 Å². The van der Waals surface area contributed by atoms with Crippen molar-refractivity contribution in [1.29, 1.82) is 0 Å². The highest BCUT2D eigenvalue weighted by Gasteiger charge is 2.20. The number of aliphatic carboxylic acids is 1. The van der Waals surface area contributed by atoms with Crippen LogP contribution in [-0.4, -0.2) is 76.4 Å². The van der Waals surface area contributed by atoms with Crippen LogP contribution in [0.1, 0.15) is 43.9 Å². The summed E-state index contributed by atoms with van der Waals surface area (Å²) in [5.41, 5.74) is 2.44. The van der Waals surface area contributed by atoms with Crippen LogP contribution in [0.4, 0.5) is 11.6 Å². The molecule has 1 aliphatic heterocycles. The molecule has 0 bridgehead atoms. The summed E-state index contributed by atoms with van der Waals surface area (Å²) >= 11 is 3.36. The lowest BCUT2D eigenvalue weighted by molar-refractivity contribution is -0.138. The van der Waals surface area contributed by atoms with Crippen molar-refractivity contribution in [1.82, 2.24) is 19.9 Å². The molecule has 9 nitrogen and oxygen atoms in total. The van der Waals surface area contributed by atoms with Crippen LogP contribution in [-0.2, 0) is 22.4 Å². The lowest BCUT2D eigenvalue weighted by Crippen LogP contribution is -2.37. The first-order valence-electron chi connectivity index (χ1n) is 12.0. The summed E-state index contributed by atoms with van der Waals surface area (Å²) in [6.45, 7) is 6.61. The molecule has 2 aromatic heterocycles. The van der Waals surface area contributed by atoms with Gasteiger partial charge in [0.2, 0.25) is 0 Å². The Hall–Kier alpha value is -2.30. The molecule has 1 atom stereocenters. The number of carboxylic acids is 1. The van der Waals surface area contributed by atoms with Gasteiger partial charge in [-0.1, -0.05) is 6.07 Å². The number of aromatic nitrogens is 3. The number of fused-ring (bicyclic) bond motifs is 1. The SMILES string of the molecule is CCOCCN(CCCCc1ccc2c(n1)NCCC2)CC[C@H](Nc1ncncc1Br)C(=O)O. The van der Waals surface area contributed by atoms with E-state index < -0.39 is 12.0 Å². The fraction of sp³-hybridized carbons (Fsp3) is 0.583. The normalized spacial score (nSPS) is 13.9. The van der Waals surface area contributed by atoms with Gasteiger partial charge in [-0.15, -0.1) is 0 Å². The summed E-state index contributed by atoms with van der Waals surface area (Å²) in [5.74, 6) is 0.627. The van der Waals surface area contributed by atoms with Crippen LogP contribution >= 0.6 is 15.9 Å². The number of pyridine rings is 1. The van der Waals surface area contributed by atoms with Crippen LogP contribution in [0.2, 0.25) is 0 Å². The number of carboxylic acid groups (broad SMARTS) is 1. The zero-order valence-electron chi connectivity index (χ0n) is 19.8. The zero-order chi connectivity index (χ0) is 24.2. The molecule has 0 fully saturated rings. The first-order valence-corrected chi connectivity index (χ1v) is 12.8. The van der Waals surface area contributed by atoms with Crippen LogP contribution < -0.4 is 10.6 Å². The van der Waals surface area contributed by atoms with E-state index in [4.69, 9.17) is 9.72 Å². The average Bonchev–Trinajstić information content (AvgIpc) is 2.84. The average molecular weight is 535 g/mol. The van der Waals surface area contributed by atoms with Gasteiger partial charge in [-0.25, -0.2) is 19.7 Å². The van der Waals surface area contributed by atoms with Crippen molar-refractivity contribution in [2.75, 3.05) is 50.0 Å². The number of hydrogen-bond acceptors (Lipinski definition) is 8. The van der Waals surface area contributed by atoms with Gasteiger partial charge >= 0.3 is 5.97 Å². The number of aryl methyl sites for hydroxylation is 2. The lowest BCUT2D eigenvalue weighted by Gasteiger charge is -2.24. The maximum Gasteiger partial charge on any atom is 0.326 e. The minimum Gasteiger partial charge on any atom is -0.480 e. The fourth-order valence-electron chi connectivity index (χ4n) is 3.98. The highest BCUT2D eigenvalue weighted by molar-refractivity contribution is 9.10. The second kappa shape index (κ2) is 14.2. The number of nitrogens with zero attached hydrogens (tertiary/aromatic N) is 4. The summed E-state index contributed by atoms with van der Waals surface area (Å²) in [6.07, 6.45) is 8.70. The van der Waals surface area contributed by atoms with E-state index in [1.807, 2.05) is 6.92 Å². The van der Waals surface area contributed by atoms with Gasteiger partial charge in [0.15, 0.2) is 0 Å². The van der Waals surface area contributed by atoms with E-state index >= 15 is 0 Å². The first-order chi connectivity index (χ1) is 16.6. The quantitative estimate of drug-likeness (QED) is 0.295. The van der Waals surface area contributed by atoms with E-state index in [0.717, 1.165) is 56.8 Å². The zero-order valence-corrected chi connectivity index (χ0v) is 21.4. The Bertz CT molecular complexity index is 916.